The first-order valence-corrected chi connectivity index (χ1v) is 21.6. The van der Waals surface area contributed by atoms with Gasteiger partial charge in [-0.15, -0.1) is 0 Å². The van der Waals surface area contributed by atoms with Gasteiger partial charge in [-0.3, -0.25) is 18.9 Å². The Morgan fingerprint density at radius 3 is 2.46 bits per heavy atom. The van der Waals surface area contributed by atoms with Crippen molar-refractivity contribution in [3.8, 4) is 0 Å². The number of anilines is 2. The van der Waals surface area contributed by atoms with Crippen LogP contribution in [0.25, 0.3) is 10.9 Å². The Morgan fingerprint density at radius 2 is 1.79 bits per heavy atom. The largest absolute Gasteiger partial charge is 0.379 e. The van der Waals surface area contributed by atoms with Gasteiger partial charge in [0.2, 0.25) is 15.9 Å². The maximum atomic E-state index is 15.5. The predicted molar refractivity (Wildman–Crippen MR) is 217 cm³/mol. The Balaban J connectivity index is 1.26. The van der Waals surface area contributed by atoms with Crippen molar-refractivity contribution < 1.29 is 44.3 Å². The third kappa shape index (κ3) is 8.18. The van der Waals surface area contributed by atoms with Gasteiger partial charge in [0.05, 0.1) is 51.7 Å². The molecule has 0 spiro atoms. The molecule has 324 valence electrons. The quantitative estimate of drug-likeness (QED) is 0.108. The van der Waals surface area contributed by atoms with Crippen LogP contribution in [-0.4, -0.2) is 64.7 Å². The van der Waals surface area contributed by atoms with Gasteiger partial charge in [-0.05, 0) is 86.1 Å². The van der Waals surface area contributed by atoms with Crippen molar-refractivity contribution in [2.45, 2.75) is 82.5 Å². The first-order valence-electron chi connectivity index (χ1n) is 19.3. The van der Waals surface area contributed by atoms with E-state index < -0.39 is 81.3 Å². The average molecular weight is 891 g/mol. The van der Waals surface area contributed by atoms with E-state index >= 15 is 8.78 Å². The van der Waals surface area contributed by atoms with Crippen molar-refractivity contribution in [1.82, 2.24) is 24.9 Å². The SMILES string of the molecule is COC(C)(C)CCc1ccc2c(c1)N=C([C@H](Cc1cc(F)cc(F)c1)NC(=O)Cn1nc(C(F)F)c3c1C(F)(F)[C@@H]1C[C@H]31)N(c1ccc(Cl)c3c(NS(C)(=O)=O)nn(C)c13)C2. The number of benzene rings is 3. The van der Waals surface area contributed by atoms with Crippen LogP contribution in [0.1, 0.15) is 72.7 Å². The molecule has 2 aliphatic carbocycles. The zero-order valence-electron chi connectivity index (χ0n) is 33.5. The van der Waals surface area contributed by atoms with E-state index in [1.54, 1.807) is 25.1 Å². The molecule has 3 aliphatic rings. The summed E-state index contributed by atoms with van der Waals surface area (Å²) in [5, 5.41) is 11.4. The number of sulfonamides is 1. The highest BCUT2D eigenvalue weighted by Crippen LogP contribution is 2.68. The Kier molecular flexibility index (Phi) is 10.7. The van der Waals surface area contributed by atoms with E-state index in [2.05, 4.69) is 20.2 Å². The van der Waals surface area contributed by atoms with Crippen molar-refractivity contribution in [1.29, 1.82) is 0 Å². The number of hydrogen-bond donors (Lipinski definition) is 2. The van der Waals surface area contributed by atoms with Gasteiger partial charge in [0, 0.05) is 38.1 Å². The monoisotopic (exact) mass is 890 g/mol. The number of amidine groups is 1. The fourth-order valence-electron chi connectivity index (χ4n) is 8.41. The number of halogens is 7. The molecule has 1 amide bonds. The fourth-order valence-corrected chi connectivity index (χ4v) is 9.14. The lowest BCUT2D eigenvalue weighted by molar-refractivity contribution is -0.122. The summed E-state index contributed by atoms with van der Waals surface area (Å²) < 4.78 is 124. The number of aromatic nitrogens is 4. The highest BCUT2D eigenvalue weighted by Gasteiger charge is 2.67. The summed E-state index contributed by atoms with van der Waals surface area (Å²) in [5.41, 5.74) is 0.791. The number of alkyl halides is 4. The standard InChI is InChI=1S/C41H41ClF6N8O4S/c1-40(2,60-4)11-10-20-6-7-22-18-55(30-9-8-27(42)33-35(30)54(3)52-38(33)53-61(5,58)59)39(50-28(22)14-20)29(15-21-12-23(43)16-24(44)13-21)49-31(57)19-56-36-32(34(51-56)37(45)46)25-17-26(25)41(36,47)48/h6-9,12-14,16,25-26,29,37H,10-11,15,17-19H2,1-5H3,(H,49,57)(H,52,53)/t25-,26+,29-/m0/s1. The lowest BCUT2D eigenvalue weighted by atomic mass is 9.96. The van der Waals surface area contributed by atoms with Gasteiger partial charge in [0.15, 0.2) is 5.82 Å². The molecule has 8 rings (SSSR count). The van der Waals surface area contributed by atoms with Crippen LogP contribution in [0, 0.1) is 17.6 Å². The second-order valence-corrected chi connectivity index (χ2v) is 18.6. The number of nitrogens with zero attached hydrogens (tertiary/aromatic N) is 6. The van der Waals surface area contributed by atoms with Gasteiger partial charge < -0.3 is 15.0 Å². The number of carbonyl (C=O) groups excluding carboxylic acids is 1. The topological polar surface area (TPSA) is 136 Å². The second kappa shape index (κ2) is 15.3. The summed E-state index contributed by atoms with van der Waals surface area (Å²) in [7, 11) is -0.629. The maximum absolute atomic E-state index is 15.5. The molecule has 0 saturated heterocycles. The van der Waals surface area contributed by atoms with E-state index in [0.29, 0.717) is 40.5 Å². The number of aryl methyl sites for hydroxylation is 2. The highest BCUT2D eigenvalue weighted by atomic mass is 35.5. The Bertz CT molecular complexity index is 2720. The van der Waals surface area contributed by atoms with Crippen molar-refractivity contribution >= 4 is 61.5 Å². The summed E-state index contributed by atoms with van der Waals surface area (Å²) >= 11 is 6.68. The normalized spacial score (nSPS) is 18.5. The summed E-state index contributed by atoms with van der Waals surface area (Å²) in [6.45, 7) is 3.13. The van der Waals surface area contributed by atoms with Crippen LogP contribution in [-0.2, 0) is 58.5 Å². The summed E-state index contributed by atoms with van der Waals surface area (Å²) in [4.78, 5) is 20.9. The number of hydrogen-bond acceptors (Lipinski definition) is 8. The number of nitrogens with one attached hydrogen (secondary N) is 2. The second-order valence-electron chi connectivity index (χ2n) is 16.4. The van der Waals surface area contributed by atoms with Gasteiger partial charge >= 0.3 is 0 Å². The van der Waals surface area contributed by atoms with Crippen molar-refractivity contribution in [2.24, 2.45) is 18.0 Å². The van der Waals surface area contributed by atoms with E-state index in [1.165, 1.54) is 10.7 Å². The highest BCUT2D eigenvalue weighted by molar-refractivity contribution is 7.92. The first-order chi connectivity index (χ1) is 28.6. The predicted octanol–water partition coefficient (Wildman–Crippen LogP) is 8.05. The molecule has 5 aromatic rings. The fraction of sp³-hybridized carbons (Fsp3) is 0.415. The van der Waals surface area contributed by atoms with E-state index in [-0.39, 0.29) is 52.6 Å². The van der Waals surface area contributed by atoms with E-state index in [1.807, 2.05) is 32.0 Å². The number of amides is 1. The van der Waals surface area contributed by atoms with Crippen molar-refractivity contribution in [3.63, 3.8) is 0 Å². The number of ether oxygens (including phenoxy) is 1. The summed E-state index contributed by atoms with van der Waals surface area (Å²) in [5.74, 6) is -8.08. The average Bonchev–Trinajstić information content (AvgIpc) is 3.71. The molecule has 0 unspecified atom stereocenters. The number of carbonyl (C=O) groups is 1. The smallest absolute Gasteiger partial charge is 0.293 e. The zero-order chi connectivity index (χ0) is 43.9. The summed E-state index contributed by atoms with van der Waals surface area (Å²) in [6, 6.07) is 10.5. The van der Waals surface area contributed by atoms with Gasteiger partial charge in [-0.2, -0.15) is 19.0 Å². The summed E-state index contributed by atoms with van der Waals surface area (Å²) in [6.07, 6.45) is -1.18. The van der Waals surface area contributed by atoms with Gasteiger partial charge in [0.1, 0.15) is 35.4 Å². The number of aliphatic imine (C=N–C) groups is 1. The molecule has 12 nitrogen and oxygen atoms in total. The van der Waals surface area contributed by atoms with Gasteiger partial charge in [-0.25, -0.2) is 31.0 Å². The Morgan fingerprint density at radius 1 is 1.07 bits per heavy atom. The molecule has 0 radical (unpaired) electrons. The van der Waals surface area contributed by atoms with Crippen molar-refractivity contribution in [2.75, 3.05) is 23.0 Å². The molecular weight excluding hydrogens is 850 g/mol. The van der Waals surface area contributed by atoms with Crippen molar-refractivity contribution in [3.05, 3.63) is 98.8 Å². The minimum Gasteiger partial charge on any atom is -0.379 e. The van der Waals surface area contributed by atoms with Crippen LogP contribution in [0.15, 0.2) is 53.5 Å². The molecule has 2 N–H and O–H groups in total. The molecule has 1 saturated carbocycles. The Hall–Kier alpha value is -5.14. The lowest BCUT2D eigenvalue weighted by Gasteiger charge is -2.36. The molecule has 61 heavy (non-hydrogen) atoms. The zero-order valence-corrected chi connectivity index (χ0v) is 35.1. The lowest BCUT2D eigenvalue weighted by Crippen LogP contribution is -2.51. The van der Waals surface area contributed by atoms with Crippen LogP contribution < -0.4 is 14.9 Å². The molecule has 3 aromatic carbocycles. The number of rotatable bonds is 14. The Labute approximate surface area is 352 Å². The minimum atomic E-state index is -3.82. The molecule has 1 aliphatic heterocycles. The molecule has 20 heteroatoms. The van der Waals surface area contributed by atoms with E-state index in [4.69, 9.17) is 21.3 Å². The van der Waals surface area contributed by atoms with Gasteiger partial charge in [-0.1, -0.05) is 23.7 Å². The molecule has 0 bridgehead atoms. The van der Waals surface area contributed by atoms with Crippen LogP contribution in [0.5, 0.6) is 0 Å². The molecule has 2 aromatic heterocycles. The van der Waals surface area contributed by atoms with E-state index in [9.17, 15) is 30.8 Å². The first kappa shape index (κ1) is 42.5. The molecule has 3 atom stereocenters. The maximum Gasteiger partial charge on any atom is 0.293 e. The number of fused-ring (bicyclic) bond motifs is 5. The molecular formula is C41H41ClF6N8O4S. The molecule has 1 fully saturated rings. The van der Waals surface area contributed by atoms with Crippen LogP contribution in [0.2, 0.25) is 5.02 Å². The van der Waals surface area contributed by atoms with E-state index in [0.717, 1.165) is 29.5 Å². The number of methoxy groups -OCH3 is 1. The third-order valence-electron chi connectivity index (χ3n) is 11.5. The van der Waals surface area contributed by atoms with Crippen LogP contribution in [0.4, 0.5) is 43.5 Å². The van der Waals surface area contributed by atoms with Gasteiger partial charge in [0.25, 0.3) is 12.3 Å². The minimum absolute atomic E-state index is 0.0350. The van der Waals surface area contributed by atoms with Crippen LogP contribution >= 0.6 is 11.6 Å². The van der Waals surface area contributed by atoms with Crippen LogP contribution in [0.3, 0.4) is 0 Å². The third-order valence-corrected chi connectivity index (χ3v) is 12.4. The molecule has 3 heterocycles.